The highest BCUT2D eigenvalue weighted by Crippen LogP contribution is 2.63. The van der Waals surface area contributed by atoms with E-state index in [9.17, 15) is 29.1 Å². The summed E-state index contributed by atoms with van der Waals surface area (Å²) >= 11 is 0. The number of hydrogen-bond donors (Lipinski definition) is 5. The van der Waals surface area contributed by atoms with Crippen LogP contribution in [-0.2, 0) is 35.8 Å². The number of carbonyl (C=O) groups excluding carboxylic acids is 4. The van der Waals surface area contributed by atoms with E-state index in [1.807, 2.05) is 12.1 Å². The molecule has 0 saturated carbocycles. The first-order valence-electron chi connectivity index (χ1n) is 18.4. The van der Waals surface area contributed by atoms with Crippen LogP contribution in [0.1, 0.15) is 63.0 Å². The quantitative estimate of drug-likeness (QED) is 0.103. The zero-order chi connectivity index (χ0) is 38.0. The van der Waals surface area contributed by atoms with Crippen molar-refractivity contribution in [3.63, 3.8) is 0 Å². The van der Waals surface area contributed by atoms with Crippen molar-refractivity contribution in [1.29, 1.82) is 0 Å². The lowest BCUT2D eigenvalue weighted by Crippen LogP contribution is -2.63. The number of benzene rings is 1. The molecule has 7 atom stereocenters. The molecule has 3 aliphatic heterocycles. The smallest absolute Gasteiger partial charge is 0.415 e. The zero-order valence-electron chi connectivity index (χ0n) is 30.6. The summed E-state index contributed by atoms with van der Waals surface area (Å²) in [7, 11) is 3.77. The van der Waals surface area contributed by atoms with E-state index in [4.69, 9.17) is 25.7 Å². The fourth-order valence-corrected chi connectivity index (χ4v) is 9.19. The van der Waals surface area contributed by atoms with Gasteiger partial charge < -0.3 is 51.2 Å². The Kier molecular flexibility index (Phi) is 11.2. The van der Waals surface area contributed by atoms with Gasteiger partial charge >= 0.3 is 12.1 Å². The summed E-state index contributed by atoms with van der Waals surface area (Å²) in [6.07, 6.45) is 4.33. The van der Waals surface area contributed by atoms with E-state index in [0.717, 1.165) is 24.9 Å². The number of hydrogen-bond acceptors (Lipinski definition) is 10. The molecule has 2 saturated heterocycles. The number of ether oxygens (including phenoxy) is 3. The lowest BCUT2D eigenvalue weighted by atomic mass is 9.53. The van der Waals surface area contributed by atoms with Gasteiger partial charge in [0, 0.05) is 55.9 Å². The van der Waals surface area contributed by atoms with Gasteiger partial charge in [0.05, 0.1) is 25.6 Å². The average Bonchev–Trinajstić information content (AvgIpc) is 3.48. The van der Waals surface area contributed by atoms with Crippen LogP contribution in [0, 0.1) is 17.8 Å². The Morgan fingerprint density at radius 2 is 1.96 bits per heavy atom. The van der Waals surface area contributed by atoms with Gasteiger partial charge in [0.15, 0.2) is 29.3 Å². The van der Waals surface area contributed by atoms with Gasteiger partial charge in [-0.15, -0.1) is 0 Å². The maximum absolute atomic E-state index is 14.2. The molecule has 288 valence electrons. The molecule has 1 aromatic carbocycles. The number of likely N-dealkylation sites (tertiary alicyclic amines) is 2. The van der Waals surface area contributed by atoms with E-state index in [-0.39, 0.29) is 56.2 Å². The predicted octanol–water partition coefficient (Wildman–Crippen LogP) is 1.04. The van der Waals surface area contributed by atoms with Crippen LogP contribution in [-0.4, -0.2) is 116 Å². The normalized spacial score (nSPS) is 27.3. The van der Waals surface area contributed by atoms with Gasteiger partial charge in [-0.05, 0) is 82.2 Å². The molecule has 3 heterocycles. The van der Waals surface area contributed by atoms with Gasteiger partial charge in [0.1, 0.15) is 5.76 Å². The van der Waals surface area contributed by atoms with E-state index in [1.165, 1.54) is 17.4 Å². The number of ketones is 1. The summed E-state index contributed by atoms with van der Waals surface area (Å²) in [6.45, 7) is 2.16. The second-order valence-electron chi connectivity index (χ2n) is 15.0. The molecule has 16 heteroatoms. The summed E-state index contributed by atoms with van der Waals surface area (Å²) in [5.41, 5.74) is 12.8. The molecule has 5 aliphatic rings. The van der Waals surface area contributed by atoms with Crippen LogP contribution in [0.5, 0.6) is 11.5 Å². The number of likely N-dealkylation sites (N-methyl/N-ethyl adjacent to an activating group) is 1. The minimum atomic E-state index is -1.02. The van der Waals surface area contributed by atoms with Gasteiger partial charge in [-0.1, -0.05) is 6.07 Å². The number of aliphatic carboxylic acids is 1. The van der Waals surface area contributed by atoms with Crippen molar-refractivity contribution in [1.82, 2.24) is 20.4 Å². The SMILES string of the molecule is COc1ccc2c3c1OC1C(OC(=O)N4CC(C(=O)O)CCC4CNC(=O)[C@H](CCCN=C(N)N)CC(=O)CNC(C)=O)=CCC4[C@@H](C2)N(C)CC[C@]314. The van der Waals surface area contributed by atoms with Gasteiger partial charge in [0.25, 0.3) is 0 Å². The number of rotatable bonds is 14. The predicted molar refractivity (Wildman–Crippen MR) is 192 cm³/mol. The number of allylic oxidation sites excluding steroid dienone is 1. The summed E-state index contributed by atoms with van der Waals surface area (Å²) < 4.78 is 18.7. The fourth-order valence-electron chi connectivity index (χ4n) is 9.19. The number of carboxylic acid groups (broad SMARTS) is 1. The van der Waals surface area contributed by atoms with E-state index >= 15 is 0 Å². The molecule has 0 radical (unpaired) electrons. The second-order valence-corrected chi connectivity index (χ2v) is 15.0. The highest BCUT2D eigenvalue weighted by Gasteiger charge is 2.65. The van der Waals surface area contributed by atoms with E-state index < -0.39 is 47.4 Å². The number of aliphatic imine (C=N–C) groups is 1. The van der Waals surface area contributed by atoms with Crippen molar-refractivity contribution in [2.75, 3.05) is 46.9 Å². The highest BCUT2D eigenvalue weighted by molar-refractivity contribution is 5.89. The largest absolute Gasteiger partial charge is 0.493 e. The number of amides is 3. The first-order valence-corrected chi connectivity index (χ1v) is 18.4. The lowest BCUT2D eigenvalue weighted by molar-refractivity contribution is -0.144. The number of piperidine rings is 2. The standard InChI is InChI=1S/C37H51N7O9/c1-20(45)41-18-25(46)15-22(5-4-13-40-35(38)39)33(47)42-17-24-8-6-23(34(48)49)19-44(24)36(50)52-29-11-9-26-27-16-21-7-10-28(51-3)31-30(21)37(26,32(29)53-31)12-14-43(27)2/h7,10-11,22-24,26-27,32H,4-6,8-9,12-19H2,1-3H3,(H,41,45)(H,42,47)(H,48,49)(H4,38,39,40)/t22-,23?,24?,26?,27-,32?,37+/m1/s1. The van der Waals surface area contributed by atoms with Gasteiger partial charge in [-0.2, -0.15) is 0 Å². The minimum Gasteiger partial charge on any atom is -0.493 e. The molecule has 53 heavy (non-hydrogen) atoms. The Morgan fingerprint density at radius 3 is 2.68 bits per heavy atom. The molecule has 2 fully saturated rings. The van der Waals surface area contributed by atoms with E-state index in [2.05, 4.69) is 33.6 Å². The van der Waals surface area contributed by atoms with Crippen molar-refractivity contribution in [2.24, 2.45) is 34.2 Å². The van der Waals surface area contributed by atoms with Crippen LogP contribution in [0.25, 0.3) is 0 Å². The molecule has 7 N–H and O–H groups in total. The maximum Gasteiger partial charge on any atom is 0.415 e. The highest BCUT2D eigenvalue weighted by atomic mass is 16.6. The zero-order valence-corrected chi connectivity index (χ0v) is 30.6. The third kappa shape index (κ3) is 7.50. The summed E-state index contributed by atoms with van der Waals surface area (Å²) in [5, 5.41) is 15.3. The van der Waals surface area contributed by atoms with Gasteiger partial charge in [-0.3, -0.25) is 24.2 Å². The number of methoxy groups -OCH3 is 1. The van der Waals surface area contributed by atoms with E-state index in [1.54, 1.807) is 7.11 Å². The Labute approximate surface area is 308 Å². The Bertz CT molecular complexity index is 1690. The fraction of sp³-hybridized carbons (Fsp3) is 0.622. The third-order valence-corrected chi connectivity index (χ3v) is 11.8. The lowest BCUT2D eigenvalue weighted by Gasteiger charge is -2.56. The van der Waals surface area contributed by atoms with Crippen molar-refractivity contribution >= 4 is 35.6 Å². The molecular weight excluding hydrogens is 686 g/mol. The number of nitrogens with two attached hydrogens (primary N) is 2. The Balaban J connectivity index is 1.18. The van der Waals surface area contributed by atoms with Crippen LogP contribution in [0.4, 0.5) is 4.79 Å². The van der Waals surface area contributed by atoms with E-state index in [0.29, 0.717) is 55.4 Å². The molecular formula is C37H51N7O9. The number of nitrogens with zero attached hydrogens (tertiary/aromatic N) is 3. The van der Waals surface area contributed by atoms with Crippen molar-refractivity contribution < 1.29 is 43.3 Å². The van der Waals surface area contributed by atoms with Crippen LogP contribution in [0.3, 0.4) is 0 Å². The second kappa shape index (κ2) is 15.6. The topological polar surface area (TPSA) is 228 Å². The number of nitrogens with one attached hydrogen (secondary N) is 2. The summed E-state index contributed by atoms with van der Waals surface area (Å²) in [5.74, 6) is -1.74. The van der Waals surface area contributed by atoms with Crippen LogP contribution >= 0.6 is 0 Å². The summed E-state index contributed by atoms with van der Waals surface area (Å²) in [4.78, 5) is 71.5. The van der Waals surface area contributed by atoms with Crippen molar-refractivity contribution in [2.45, 2.75) is 81.9 Å². The molecule has 2 bridgehead atoms. The number of carbonyl (C=O) groups is 5. The first kappa shape index (κ1) is 37.9. The summed E-state index contributed by atoms with van der Waals surface area (Å²) in [6, 6.07) is 3.78. The van der Waals surface area contributed by atoms with Crippen LogP contribution in [0.2, 0.25) is 0 Å². The molecule has 4 unspecified atom stereocenters. The molecule has 0 aromatic heterocycles. The number of carboxylic acids is 1. The minimum absolute atomic E-state index is 0.0234. The monoisotopic (exact) mass is 737 g/mol. The molecule has 1 aromatic rings. The third-order valence-electron chi connectivity index (χ3n) is 11.8. The van der Waals surface area contributed by atoms with Crippen LogP contribution in [0.15, 0.2) is 29.0 Å². The first-order chi connectivity index (χ1) is 25.3. The Hall–Kier alpha value is -4.86. The molecule has 1 spiro atoms. The number of guanidine groups is 1. The average molecular weight is 738 g/mol. The number of Topliss-reactive ketones (excluding diaryl/α,β-unsaturated/α-hetero) is 1. The molecule has 16 nitrogen and oxygen atoms in total. The van der Waals surface area contributed by atoms with Crippen molar-refractivity contribution in [3.8, 4) is 11.5 Å². The van der Waals surface area contributed by atoms with Crippen molar-refractivity contribution in [3.05, 3.63) is 35.1 Å². The Morgan fingerprint density at radius 1 is 1.17 bits per heavy atom. The molecule has 3 amide bonds. The van der Waals surface area contributed by atoms with Crippen LogP contribution < -0.4 is 31.6 Å². The molecule has 6 rings (SSSR count). The molecule has 2 aliphatic carbocycles. The van der Waals surface area contributed by atoms with Gasteiger partial charge in [-0.25, -0.2) is 4.79 Å². The maximum atomic E-state index is 14.2. The van der Waals surface area contributed by atoms with Gasteiger partial charge in [0.2, 0.25) is 11.8 Å².